The number of hydrogen-bond acceptors (Lipinski definition) is 7. The van der Waals surface area contributed by atoms with Gasteiger partial charge < -0.3 is 24.6 Å². The molecule has 9 heteroatoms. The Morgan fingerprint density at radius 3 is 3.03 bits per heavy atom. The Morgan fingerprint density at radius 2 is 2.19 bits per heavy atom. The number of benzene rings is 1. The zero-order chi connectivity index (χ0) is 25.6. The lowest BCUT2D eigenvalue weighted by Crippen LogP contribution is -2.35. The molecule has 3 aliphatic rings. The first-order valence-electron chi connectivity index (χ1n) is 13.4. The molecule has 8 nitrogen and oxygen atoms in total. The van der Waals surface area contributed by atoms with Crippen LogP contribution in [0.15, 0.2) is 30.3 Å². The number of nitrogens with zero attached hydrogens (tertiary/aromatic N) is 2. The number of carbonyl (C=O) groups is 1. The first-order chi connectivity index (χ1) is 18.1. The maximum absolute atomic E-state index is 14.2. The summed E-state index contributed by atoms with van der Waals surface area (Å²) in [6, 6.07) is 7.64. The number of aryl methyl sites for hydroxylation is 2. The molecule has 0 aliphatic carbocycles. The number of unbranched alkanes of at least 4 members (excludes halogenated alkanes) is 1. The van der Waals surface area contributed by atoms with Crippen molar-refractivity contribution in [3.8, 4) is 0 Å². The summed E-state index contributed by atoms with van der Waals surface area (Å²) in [5.74, 6) is -0.433. The van der Waals surface area contributed by atoms with E-state index in [1.165, 1.54) is 17.7 Å². The molecule has 4 heterocycles. The van der Waals surface area contributed by atoms with Gasteiger partial charge in [0.05, 0.1) is 25.9 Å². The number of ether oxygens (including phenoxy) is 3. The summed E-state index contributed by atoms with van der Waals surface area (Å²) >= 11 is 0. The van der Waals surface area contributed by atoms with Crippen molar-refractivity contribution in [1.82, 2.24) is 9.88 Å². The number of nitrogens with one attached hydrogen (secondary N) is 1. The smallest absolute Gasteiger partial charge is 0.325 e. The van der Waals surface area contributed by atoms with Crippen LogP contribution in [-0.4, -0.2) is 73.1 Å². The fourth-order valence-electron chi connectivity index (χ4n) is 5.52. The molecule has 3 atom stereocenters. The van der Waals surface area contributed by atoms with Crippen molar-refractivity contribution < 1.29 is 28.5 Å². The zero-order valence-corrected chi connectivity index (χ0v) is 21.2. The highest BCUT2D eigenvalue weighted by molar-refractivity contribution is 5.76. The van der Waals surface area contributed by atoms with Crippen LogP contribution in [0.5, 0.6) is 0 Å². The number of rotatable bonds is 10. The number of halogens is 1. The monoisotopic (exact) mass is 513 g/mol. The van der Waals surface area contributed by atoms with Crippen molar-refractivity contribution in [2.75, 3.05) is 51.4 Å². The molecule has 200 valence electrons. The molecule has 37 heavy (non-hydrogen) atoms. The number of aliphatic carboxylic acids is 1. The Morgan fingerprint density at radius 1 is 1.27 bits per heavy atom. The van der Waals surface area contributed by atoms with Gasteiger partial charge in [0.2, 0.25) is 0 Å². The molecule has 1 aromatic carbocycles. The molecule has 1 aromatic heterocycles. The van der Waals surface area contributed by atoms with Crippen LogP contribution < -0.4 is 5.32 Å². The van der Waals surface area contributed by atoms with Crippen molar-refractivity contribution in [1.29, 1.82) is 0 Å². The quantitative estimate of drug-likeness (QED) is 0.462. The van der Waals surface area contributed by atoms with Gasteiger partial charge in [-0.25, -0.2) is 9.37 Å². The van der Waals surface area contributed by atoms with Crippen LogP contribution in [0.1, 0.15) is 60.2 Å². The summed E-state index contributed by atoms with van der Waals surface area (Å²) in [6.07, 6.45) is 5.36. The topological polar surface area (TPSA) is 93.2 Å². The summed E-state index contributed by atoms with van der Waals surface area (Å²) in [5.41, 5.74) is 3.50. The van der Waals surface area contributed by atoms with Gasteiger partial charge in [0.25, 0.3) is 0 Å². The van der Waals surface area contributed by atoms with E-state index < -0.39 is 23.9 Å². The van der Waals surface area contributed by atoms with Gasteiger partial charge in [-0.2, -0.15) is 0 Å². The van der Waals surface area contributed by atoms with Gasteiger partial charge in [-0.1, -0.05) is 12.1 Å². The Bertz CT molecular complexity index is 1080. The van der Waals surface area contributed by atoms with Crippen molar-refractivity contribution >= 4 is 11.8 Å². The van der Waals surface area contributed by atoms with Gasteiger partial charge >= 0.3 is 5.97 Å². The van der Waals surface area contributed by atoms with Crippen LogP contribution in [0.3, 0.4) is 0 Å². The molecule has 0 bridgehead atoms. The first-order valence-corrected chi connectivity index (χ1v) is 13.4. The van der Waals surface area contributed by atoms with Gasteiger partial charge in [0, 0.05) is 31.9 Å². The Balaban J connectivity index is 1.13. The molecule has 1 unspecified atom stereocenters. The lowest BCUT2D eigenvalue weighted by molar-refractivity contribution is -0.143. The number of carboxylic acids is 1. The molecular formula is C28H36FN3O5. The predicted molar refractivity (Wildman–Crippen MR) is 136 cm³/mol. The summed E-state index contributed by atoms with van der Waals surface area (Å²) < 4.78 is 31.7. The zero-order valence-electron chi connectivity index (χ0n) is 21.2. The van der Waals surface area contributed by atoms with E-state index in [0.29, 0.717) is 50.6 Å². The number of likely N-dealkylation sites (tertiary alicyclic amines) is 1. The third kappa shape index (κ3) is 6.46. The Hall–Kier alpha value is -2.59. The van der Waals surface area contributed by atoms with E-state index in [1.807, 2.05) is 4.90 Å². The maximum Gasteiger partial charge on any atom is 0.325 e. The Labute approximate surface area is 217 Å². The van der Waals surface area contributed by atoms with E-state index in [2.05, 4.69) is 17.4 Å². The molecule has 0 saturated carbocycles. The molecule has 2 aromatic rings. The normalized spacial score (nSPS) is 22.8. The highest BCUT2D eigenvalue weighted by Crippen LogP contribution is 2.34. The minimum atomic E-state index is -1.00. The lowest BCUT2D eigenvalue weighted by Gasteiger charge is -2.30. The first kappa shape index (κ1) is 26.0. The maximum atomic E-state index is 14.2. The van der Waals surface area contributed by atoms with Crippen LogP contribution in [0, 0.1) is 5.82 Å². The second kappa shape index (κ2) is 12.3. The molecular weight excluding hydrogens is 477 g/mol. The van der Waals surface area contributed by atoms with E-state index in [0.717, 1.165) is 56.6 Å². The highest BCUT2D eigenvalue weighted by Gasteiger charge is 2.37. The van der Waals surface area contributed by atoms with Crippen LogP contribution in [-0.2, 0) is 31.8 Å². The summed E-state index contributed by atoms with van der Waals surface area (Å²) in [4.78, 5) is 19.0. The standard InChI is InChI=1S/C28H36FN3O5/c29-20-7-9-23(25-18-35-14-15-37-25)24(16-20)26(28(33)34)32-12-10-22(17-32)36-13-2-1-5-21-8-6-19-4-3-11-30-27(19)31-21/h6-9,16,22,25-26H,1-5,10-15,17-18H2,(H,30,31)(H,33,34)/t22-,25?,26-/m1/s1. The third-order valence-electron chi connectivity index (χ3n) is 7.41. The molecule has 2 fully saturated rings. The van der Waals surface area contributed by atoms with Crippen LogP contribution in [0.2, 0.25) is 0 Å². The summed E-state index contributed by atoms with van der Waals surface area (Å²) in [6.45, 7) is 3.94. The van der Waals surface area contributed by atoms with Crippen molar-refractivity contribution in [3.05, 3.63) is 58.5 Å². The predicted octanol–water partition coefficient (Wildman–Crippen LogP) is 3.91. The summed E-state index contributed by atoms with van der Waals surface area (Å²) in [7, 11) is 0. The summed E-state index contributed by atoms with van der Waals surface area (Å²) in [5, 5.41) is 13.5. The van der Waals surface area contributed by atoms with Crippen molar-refractivity contribution in [2.24, 2.45) is 0 Å². The third-order valence-corrected chi connectivity index (χ3v) is 7.41. The number of pyridine rings is 1. The van der Waals surface area contributed by atoms with Crippen LogP contribution in [0.4, 0.5) is 10.2 Å². The van der Waals surface area contributed by atoms with Gasteiger partial charge in [0.1, 0.15) is 23.8 Å². The van der Waals surface area contributed by atoms with Crippen LogP contribution >= 0.6 is 0 Å². The molecule has 3 aliphatic heterocycles. The number of fused-ring (bicyclic) bond motifs is 1. The van der Waals surface area contributed by atoms with Gasteiger partial charge in [-0.3, -0.25) is 9.69 Å². The van der Waals surface area contributed by atoms with Crippen molar-refractivity contribution in [2.45, 2.75) is 56.8 Å². The van der Waals surface area contributed by atoms with E-state index in [9.17, 15) is 14.3 Å². The van der Waals surface area contributed by atoms with Crippen molar-refractivity contribution in [3.63, 3.8) is 0 Å². The minimum absolute atomic E-state index is 0.0424. The molecule has 5 rings (SSSR count). The number of hydrogen-bond donors (Lipinski definition) is 2. The van der Waals surface area contributed by atoms with Gasteiger partial charge in [0.15, 0.2) is 0 Å². The van der Waals surface area contributed by atoms with Crippen LogP contribution in [0.25, 0.3) is 0 Å². The van der Waals surface area contributed by atoms with E-state index in [-0.39, 0.29) is 6.10 Å². The van der Waals surface area contributed by atoms with E-state index in [1.54, 1.807) is 6.07 Å². The lowest BCUT2D eigenvalue weighted by atomic mass is 9.95. The largest absolute Gasteiger partial charge is 0.480 e. The molecule has 2 N–H and O–H groups in total. The second-order valence-corrected chi connectivity index (χ2v) is 10.0. The Kier molecular flexibility index (Phi) is 8.66. The second-order valence-electron chi connectivity index (χ2n) is 10.0. The van der Waals surface area contributed by atoms with E-state index >= 15 is 0 Å². The van der Waals surface area contributed by atoms with Gasteiger partial charge in [-0.15, -0.1) is 0 Å². The van der Waals surface area contributed by atoms with Gasteiger partial charge in [-0.05, 0) is 73.4 Å². The molecule has 0 spiro atoms. The number of aromatic nitrogens is 1. The average molecular weight is 514 g/mol. The number of carboxylic acid groups (broad SMARTS) is 1. The highest BCUT2D eigenvalue weighted by atomic mass is 19.1. The minimum Gasteiger partial charge on any atom is -0.480 e. The number of anilines is 1. The molecule has 2 saturated heterocycles. The van der Waals surface area contributed by atoms with E-state index in [4.69, 9.17) is 19.2 Å². The average Bonchev–Trinajstić information content (AvgIpc) is 3.37. The SMILES string of the molecule is O=C(O)[C@@H](c1cc(F)ccc1C1COCCO1)N1CC[C@@H](OCCCCc2ccc3c(n2)NCCC3)C1. The molecule has 0 radical (unpaired) electrons. The fraction of sp³-hybridized carbons (Fsp3) is 0.571. The molecule has 0 amide bonds. The fourth-order valence-corrected chi connectivity index (χ4v) is 5.52.